The highest BCUT2D eigenvalue weighted by Crippen LogP contribution is 2.21. The van der Waals surface area contributed by atoms with Gasteiger partial charge in [0.1, 0.15) is 5.76 Å². The number of rotatable bonds is 5. The van der Waals surface area contributed by atoms with Gasteiger partial charge in [-0.25, -0.2) is 8.42 Å². The average Bonchev–Trinajstić information content (AvgIpc) is 3.31. The van der Waals surface area contributed by atoms with Crippen LogP contribution in [-0.4, -0.2) is 44.5 Å². The highest BCUT2D eigenvalue weighted by Gasteiger charge is 2.29. The number of nitrogens with zero attached hydrogens (tertiary/aromatic N) is 1. The fourth-order valence-electron chi connectivity index (χ4n) is 3.98. The summed E-state index contributed by atoms with van der Waals surface area (Å²) in [7, 11) is -2.93. The van der Waals surface area contributed by atoms with Crippen molar-refractivity contribution in [2.75, 3.05) is 18.1 Å². The number of aryl methyl sites for hydroxylation is 1. The van der Waals surface area contributed by atoms with E-state index in [1.54, 1.807) is 6.26 Å². The van der Waals surface area contributed by atoms with Crippen LogP contribution in [0.25, 0.3) is 0 Å². The fourth-order valence-corrected chi connectivity index (χ4v) is 5.66. The van der Waals surface area contributed by atoms with Gasteiger partial charge in [0.2, 0.25) is 0 Å². The summed E-state index contributed by atoms with van der Waals surface area (Å²) in [5, 5.41) is 6.90. The lowest BCUT2D eigenvalue weighted by atomic mass is 9.88. The standard InChI is InChI=1S/C21H27N3O3S/c25-28(26)13-10-19(15-28)24-21(22-11-9-20-6-3-12-27-20)23-18-8-7-16-4-1-2-5-17(16)14-18/h1-6,12,18-19H,7-11,13-15H2,(H2,22,23,24). The first-order valence-corrected chi connectivity index (χ1v) is 11.8. The molecule has 6 nitrogen and oxygen atoms in total. The molecule has 4 rings (SSSR count). The van der Waals surface area contributed by atoms with Gasteiger partial charge >= 0.3 is 0 Å². The lowest BCUT2D eigenvalue weighted by molar-refractivity contribution is 0.505. The molecule has 2 aromatic rings. The van der Waals surface area contributed by atoms with Gasteiger partial charge in [0.15, 0.2) is 15.8 Å². The highest BCUT2D eigenvalue weighted by molar-refractivity contribution is 7.91. The Labute approximate surface area is 166 Å². The smallest absolute Gasteiger partial charge is 0.191 e. The van der Waals surface area contributed by atoms with E-state index in [1.165, 1.54) is 11.1 Å². The van der Waals surface area contributed by atoms with Crippen LogP contribution in [0.2, 0.25) is 0 Å². The molecular formula is C21H27N3O3S. The number of nitrogens with one attached hydrogen (secondary N) is 2. The van der Waals surface area contributed by atoms with E-state index in [0.29, 0.717) is 25.0 Å². The molecule has 1 saturated heterocycles. The molecule has 2 heterocycles. The second kappa shape index (κ2) is 8.39. The molecule has 28 heavy (non-hydrogen) atoms. The van der Waals surface area contributed by atoms with Gasteiger partial charge in [0.25, 0.3) is 0 Å². The minimum Gasteiger partial charge on any atom is -0.469 e. The van der Waals surface area contributed by atoms with Crippen molar-refractivity contribution in [3.8, 4) is 0 Å². The SMILES string of the molecule is O=S1(=O)CCC(NC(=NCCc2ccco2)NC2CCc3ccccc3C2)C1. The lowest BCUT2D eigenvalue weighted by Crippen LogP contribution is -2.49. The minimum absolute atomic E-state index is 0.0734. The third-order valence-corrected chi connectivity index (χ3v) is 7.24. The van der Waals surface area contributed by atoms with Gasteiger partial charge in [-0.3, -0.25) is 4.99 Å². The first kappa shape index (κ1) is 19.1. The normalized spacial score (nSPS) is 23.9. The molecule has 0 radical (unpaired) electrons. The number of hydrogen-bond acceptors (Lipinski definition) is 4. The maximum absolute atomic E-state index is 11.8. The largest absolute Gasteiger partial charge is 0.469 e. The molecule has 0 amide bonds. The summed E-state index contributed by atoms with van der Waals surface area (Å²) in [4.78, 5) is 4.70. The Morgan fingerprint density at radius 3 is 2.64 bits per heavy atom. The van der Waals surface area contributed by atoms with Crippen molar-refractivity contribution in [3.63, 3.8) is 0 Å². The number of benzene rings is 1. The van der Waals surface area contributed by atoms with E-state index in [2.05, 4.69) is 34.9 Å². The summed E-state index contributed by atoms with van der Waals surface area (Å²) >= 11 is 0. The van der Waals surface area contributed by atoms with Crippen LogP contribution in [0.1, 0.15) is 29.7 Å². The van der Waals surface area contributed by atoms with Gasteiger partial charge in [-0.1, -0.05) is 24.3 Å². The van der Waals surface area contributed by atoms with E-state index in [1.807, 2.05) is 12.1 Å². The number of aliphatic imine (C=N–C) groups is 1. The van der Waals surface area contributed by atoms with E-state index in [0.717, 1.165) is 31.4 Å². The first-order chi connectivity index (χ1) is 13.6. The molecular weight excluding hydrogens is 374 g/mol. The number of furan rings is 1. The summed E-state index contributed by atoms with van der Waals surface area (Å²) in [6.07, 6.45) is 6.06. The van der Waals surface area contributed by atoms with Crippen molar-refractivity contribution in [2.24, 2.45) is 4.99 Å². The van der Waals surface area contributed by atoms with Crippen LogP contribution in [0, 0.1) is 0 Å². The monoisotopic (exact) mass is 401 g/mol. The molecule has 1 fully saturated rings. The van der Waals surface area contributed by atoms with Gasteiger partial charge in [-0.2, -0.15) is 0 Å². The zero-order valence-corrected chi connectivity index (χ0v) is 16.7. The Balaban J connectivity index is 1.41. The van der Waals surface area contributed by atoms with Crippen LogP contribution < -0.4 is 10.6 Å². The van der Waals surface area contributed by atoms with E-state index in [-0.39, 0.29) is 17.5 Å². The highest BCUT2D eigenvalue weighted by atomic mass is 32.2. The molecule has 150 valence electrons. The van der Waals surface area contributed by atoms with Gasteiger partial charge in [0.05, 0.1) is 17.8 Å². The van der Waals surface area contributed by atoms with Crippen LogP contribution in [0.3, 0.4) is 0 Å². The molecule has 1 aromatic carbocycles. The minimum atomic E-state index is -2.93. The van der Waals surface area contributed by atoms with E-state index in [9.17, 15) is 8.42 Å². The third-order valence-electron chi connectivity index (χ3n) is 5.47. The quantitative estimate of drug-likeness (QED) is 0.592. The molecule has 2 aliphatic rings. The maximum atomic E-state index is 11.8. The van der Waals surface area contributed by atoms with Crippen LogP contribution in [0.15, 0.2) is 52.1 Å². The maximum Gasteiger partial charge on any atom is 0.191 e. The second-order valence-electron chi connectivity index (χ2n) is 7.66. The van der Waals surface area contributed by atoms with E-state index < -0.39 is 9.84 Å². The molecule has 0 spiro atoms. The van der Waals surface area contributed by atoms with Crippen molar-refractivity contribution < 1.29 is 12.8 Å². The Kier molecular flexibility index (Phi) is 5.71. The Morgan fingerprint density at radius 1 is 1.07 bits per heavy atom. The Bertz CT molecular complexity index is 922. The van der Waals surface area contributed by atoms with Crippen molar-refractivity contribution >= 4 is 15.8 Å². The average molecular weight is 402 g/mol. The molecule has 0 saturated carbocycles. The summed E-state index contributed by atoms with van der Waals surface area (Å²) in [5.74, 6) is 2.04. The van der Waals surface area contributed by atoms with Gasteiger partial charge in [-0.05, 0) is 48.9 Å². The van der Waals surface area contributed by atoms with E-state index in [4.69, 9.17) is 9.41 Å². The molecule has 1 aromatic heterocycles. The van der Waals surface area contributed by atoms with Crippen LogP contribution in [0.5, 0.6) is 0 Å². The molecule has 1 aliphatic heterocycles. The van der Waals surface area contributed by atoms with Gasteiger partial charge < -0.3 is 15.1 Å². The van der Waals surface area contributed by atoms with Crippen molar-refractivity contribution in [1.29, 1.82) is 0 Å². The van der Waals surface area contributed by atoms with Gasteiger partial charge in [0, 0.05) is 25.0 Å². The summed E-state index contributed by atoms with van der Waals surface area (Å²) in [6.45, 7) is 0.589. The van der Waals surface area contributed by atoms with Crippen molar-refractivity contribution in [2.45, 2.75) is 44.2 Å². The van der Waals surface area contributed by atoms with Crippen LogP contribution in [0.4, 0.5) is 0 Å². The number of sulfone groups is 1. The Morgan fingerprint density at radius 2 is 1.89 bits per heavy atom. The van der Waals surface area contributed by atoms with E-state index >= 15 is 0 Å². The Hall–Kier alpha value is -2.28. The molecule has 0 bridgehead atoms. The number of guanidine groups is 1. The van der Waals surface area contributed by atoms with Crippen molar-refractivity contribution in [3.05, 3.63) is 59.5 Å². The topological polar surface area (TPSA) is 83.7 Å². The zero-order valence-electron chi connectivity index (χ0n) is 15.9. The molecule has 2 unspecified atom stereocenters. The van der Waals surface area contributed by atoms with Crippen LogP contribution >= 0.6 is 0 Å². The summed E-state index contributed by atoms with van der Waals surface area (Å²) < 4.78 is 29.0. The zero-order chi connectivity index (χ0) is 19.4. The number of hydrogen-bond donors (Lipinski definition) is 2. The fraction of sp³-hybridized carbons (Fsp3) is 0.476. The second-order valence-corrected chi connectivity index (χ2v) is 9.89. The van der Waals surface area contributed by atoms with Gasteiger partial charge in [-0.15, -0.1) is 0 Å². The molecule has 7 heteroatoms. The predicted molar refractivity (Wildman–Crippen MR) is 110 cm³/mol. The lowest BCUT2D eigenvalue weighted by Gasteiger charge is -2.28. The summed E-state index contributed by atoms with van der Waals surface area (Å²) in [5.41, 5.74) is 2.80. The van der Waals surface area contributed by atoms with Crippen LogP contribution in [-0.2, 0) is 29.1 Å². The van der Waals surface area contributed by atoms with Crippen molar-refractivity contribution in [1.82, 2.24) is 10.6 Å². The predicted octanol–water partition coefficient (Wildman–Crippen LogP) is 2.10. The summed E-state index contributed by atoms with van der Waals surface area (Å²) in [6, 6.07) is 12.6. The molecule has 2 N–H and O–H groups in total. The molecule has 1 aliphatic carbocycles. The number of fused-ring (bicyclic) bond motifs is 1. The third kappa shape index (κ3) is 4.95. The molecule has 2 atom stereocenters. The first-order valence-electron chi connectivity index (χ1n) is 9.94.